The first-order valence-corrected chi connectivity index (χ1v) is 6.31. The smallest absolute Gasteiger partial charge is 0.360 e. The van der Waals surface area contributed by atoms with Gasteiger partial charge in [-0.1, -0.05) is 0 Å². The molecule has 1 aromatic heterocycles. The van der Waals surface area contributed by atoms with Crippen molar-refractivity contribution < 1.29 is 14.3 Å². The minimum atomic E-state index is -0.467. The summed E-state index contributed by atoms with van der Waals surface area (Å²) >= 11 is 0. The van der Waals surface area contributed by atoms with Crippen LogP contribution < -0.4 is 5.73 Å². The predicted octanol–water partition coefficient (Wildman–Crippen LogP) is 1.21. The molecular formula is C12H19N3O3. The summed E-state index contributed by atoms with van der Waals surface area (Å²) in [4.78, 5) is 15.5. The number of rotatable bonds is 5. The maximum Gasteiger partial charge on any atom is 0.360 e. The molecule has 100 valence electrons. The van der Waals surface area contributed by atoms with Gasteiger partial charge in [0.05, 0.1) is 19.0 Å². The predicted molar refractivity (Wildman–Crippen MR) is 66.2 cm³/mol. The van der Waals surface area contributed by atoms with E-state index in [2.05, 4.69) is 4.98 Å². The first-order chi connectivity index (χ1) is 8.72. The summed E-state index contributed by atoms with van der Waals surface area (Å²) in [5.74, 6) is -0.0997. The quantitative estimate of drug-likeness (QED) is 0.798. The molecule has 18 heavy (non-hydrogen) atoms. The van der Waals surface area contributed by atoms with Crippen LogP contribution in [0.1, 0.15) is 36.7 Å². The Morgan fingerprint density at radius 2 is 2.56 bits per heavy atom. The van der Waals surface area contributed by atoms with Crippen molar-refractivity contribution in [1.82, 2.24) is 9.55 Å². The zero-order valence-electron chi connectivity index (χ0n) is 10.6. The van der Waals surface area contributed by atoms with Gasteiger partial charge in [0.15, 0.2) is 5.69 Å². The lowest BCUT2D eigenvalue weighted by Crippen LogP contribution is -2.13. The molecule has 2 N–H and O–H groups in total. The number of carbonyl (C=O) groups is 1. The molecule has 0 aliphatic carbocycles. The molecule has 1 fully saturated rings. The number of esters is 1. The molecule has 0 saturated carbocycles. The van der Waals surface area contributed by atoms with E-state index in [1.165, 1.54) is 0 Å². The number of aryl methyl sites for hydroxylation is 1. The number of anilines is 1. The molecule has 1 atom stereocenters. The molecule has 1 aliphatic heterocycles. The lowest BCUT2D eigenvalue weighted by molar-refractivity contribution is 0.0521. The first-order valence-electron chi connectivity index (χ1n) is 6.31. The molecule has 0 bridgehead atoms. The van der Waals surface area contributed by atoms with Crippen molar-refractivity contribution in [2.75, 3.05) is 18.9 Å². The molecule has 2 rings (SSSR count). The van der Waals surface area contributed by atoms with Crippen LogP contribution in [0.4, 0.5) is 5.82 Å². The SMILES string of the molecule is CCOC(=O)c1ncn(CCC2CCCO2)c1N. The molecule has 6 nitrogen and oxygen atoms in total. The van der Waals surface area contributed by atoms with Crippen molar-refractivity contribution in [3.8, 4) is 0 Å². The lowest BCUT2D eigenvalue weighted by atomic mass is 10.2. The zero-order valence-corrected chi connectivity index (χ0v) is 10.6. The second-order valence-electron chi connectivity index (χ2n) is 4.32. The molecule has 1 aromatic rings. The van der Waals surface area contributed by atoms with Crippen molar-refractivity contribution in [3.63, 3.8) is 0 Å². The third-order valence-electron chi connectivity index (χ3n) is 3.06. The molecule has 6 heteroatoms. The van der Waals surface area contributed by atoms with Crippen molar-refractivity contribution in [2.24, 2.45) is 0 Å². The number of nitrogen functional groups attached to an aromatic ring is 1. The highest BCUT2D eigenvalue weighted by Gasteiger charge is 2.19. The maximum atomic E-state index is 11.5. The minimum Gasteiger partial charge on any atom is -0.461 e. The molecule has 1 saturated heterocycles. The number of ether oxygens (including phenoxy) is 2. The number of hydrogen-bond acceptors (Lipinski definition) is 5. The summed E-state index contributed by atoms with van der Waals surface area (Å²) in [5, 5.41) is 0. The standard InChI is InChI=1S/C12H19N3O3/c1-2-17-12(16)10-11(13)15(8-14-10)6-5-9-4-3-7-18-9/h8-9H,2-7,13H2,1H3. The molecule has 1 aliphatic rings. The van der Waals surface area contributed by atoms with E-state index in [-0.39, 0.29) is 5.69 Å². The highest BCUT2D eigenvalue weighted by Crippen LogP contribution is 2.18. The number of imidazole rings is 1. The van der Waals surface area contributed by atoms with Gasteiger partial charge >= 0.3 is 5.97 Å². The highest BCUT2D eigenvalue weighted by molar-refractivity contribution is 5.92. The summed E-state index contributed by atoms with van der Waals surface area (Å²) in [6.45, 7) is 3.63. The van der Waals surface area contributed by atoms with Gasteiger partial charge in [0.1, 0.15) is 5.82 Å². The van der Waals surface area contributed by atoms with Crippen LogP contribution in [-0.4, -0.2) is 34.8 Å². The fraction of sp³-hybridized carbons (Fsp3) is 0.667. The van der Waals surface area contributed by atoms with E-state index in [9.17, 15) is 4.79 Å². The third-order valence-corrected chi connectivity index (χ3v) is 3.06. The van der Waals surface area contributed by atoms with E-state index in [0.29, 0.717) is 25.1 Å². The van der Waals surface area contributed by atoms with E-state index >= 15 is 0 Å². The zero-order chi connectivity index (χ0) is 13.0. The Bertz CT molecular complexity index is 411. The van der Waals surface area contributed by atoms with Gasteiger partial charge in [0.2, 0.25) is 0 Å². The molecular weight excluding hydrogens is 234 g/mol. The van der Waals surface area contributed by atoms with Gasteiger partial charge in [0.25, 0.3) is 0 Å². The van der Waals surface area contributed by atoms with Crippen LogP contribution in [0, 0.1) is 0 Å². The Labute approximate surface area is 106 Å². The number of aromatic nitrogens is 2. The summed E-state index contributed by atoms with van der Waals surface area (Å²) < 4.78 is 12.2. The molecule has 0 amide bonds. The molecule has 1 unspecified atom stereocenters. The molecule has 0 spiro atoms. The van der Waals surface area contributed by atoms with Crippen LogP contribution in [0.5, 0.6) is 0 Å². The van der Waals surface area contributed by atoms with E-state index < -0.39 is 5.97 Å². The average molecular weight is 253 g/mol. The van der Waals surface area contributed by atoms with E-state index in [1.807, 2.05) is 0 Å². The monoisotopic (exact) mass is 253 g/mol. The molecule has 0 radical (unpaired) electrons. The van der Waals surface area contributed by atoms with E-state index in [1.54, 1.807) is 17.8 Å². The van der Waals surface area contributed by atoms with Crippen LogP contribution in [0.3, 0.4) is 0 Å². The minimum absolute atomic E-state index is 0.198. The highest BCUT2D eigenvalue weighted by atomic mass is 16.5. The van der Waals surface area contributed by atoms with E-state index in [0.717, 1.165) is 25.9 Å². The fourth-order valence-electron chi connectivity index (χ4n) is 2.08. The third kappa shape index (κ3) is 2.81. The van der Waals surface area contributed by atoms with Gasteiger partial charge in [-0.3, -0.25) is 0 Å². The first kappa shape index (κ1) is 12.9. The van der Waals surface area contributed by atoms with Gasteiger partial charge in [-0.15, -0.1) is 0 Å². The van der Waals surface area contributed by atoms with Gasteiger partial charge < -0.3 is 19.8 Å². The second kappa shape index (κ2) is 5.86. The largest absolute Gasteiger partial charge is 0.461 e. The summed E-state index contributed by atoms with van der Waals surface area (Å²) in [5.41, 5.74) is 6.08. The number of nitrogens with two attached hydrogens (primary N) is 1. The van der Waals surface area contributed by atoms with Gasteiger partial charge in [0, 0.05) is 13.2 Å². The van der Waals surface area contributed by atoms with Crippen molar-refractivity contribution in [1.29, 1.82) is 0 Å². The van der Waals surface area contributed by atoms with E-state index in [4.69, 9.17) is 15.2 Å². The number of hydrogen-bond donors (Lipinski definition) is 1. The summed E-state index contributed by atoms with van der Waals surface area (Å²) in [7, 11) is 0. The van der Waals surface area contributed by atoms with Crippen LogP contribution in [-0.2, 0) is 16.0 Å². The van der Waals surface area contributed by atoms with Gasteiger partial charge in [-0.05, 0) is 26.2 Å². The van der Waals surface area contributed by atoms with Crippen molar-refractivity contribution >= 4 is 11.8 Å². The molecule has 2 heterocycles. The Morgan fingerprint density at radius 1 is 1.72 bits per heavy atom. The van der Waals surface area contributed by atoms with Crippen LogP contribution >= 0.6 is 0 Å². The van der Waals surface area contributed by atoms with Gasteiger partial charge in [-0.25, -0.2) is 9.78 Å². The maximum absolute atomic E-state index is 11.5. The summed E-state index contributed by atoms with van der Waals surface area (Å²) in [6, 6.07) is 0. The number of carbonyl (C=O) groups excluding carboxylic acids is 1. The van der Waals surface area contributed by atoms with Crippen LogP contribution in [0.25, 0.3) is 0 Å². The Hall–Kier alpha value is -1.56. The second-order valence-corrected chi connectivity index (χ2v) is 4.32. The van der Waals surface area contributed by atoms with Crippen LogP contribution in [0.2, 0.25) is 0 Å². The Balaban J connectivity index is 1.94. The average Bonchev–Trinajstić information content (AvgIpc) is 2.96. The molecule has 0 aromatic carbocycles. The summed E-state index contributed by atoms with van der Waals surface area (Å²) in [6.07, 6.45) is 4.99. The van der Waals surface area contributed by atoms with Crippen molar-refractivity contribution in [3.05, 3.63) is 12.0 Å². The topological polar surface area (TPSA) is 79.4 Å². The van der Waals surface area contributed by atoms with Crippen molar-refractivity contribution in [2.45, 2.75) is 38.8 Å². The lowest BCUT2D eigenvalue weighted by Gasteiger charge is -2.10. The van der Waals surface area contributed by atoms with Crippen LogP contribution in [0.15, 0.2) is 6.33 Å². The fourth-order valence-corrected chi connectivity index (χ4v) is 2.08. The normalized spacial score (nSPS) is 19.1. The Morgan fingerprint density at radius 3 is 3.22 bits per heavy atom. The number of nitrogens with zero attached hydrogens (tertiary/aromatic N) is 2. The Kier molecular flexibility index (Phi) is 4.19. The van der Waals surface area contributed by atoms with Gasteiger partial charge in [-0.2, -0.15) is 0 Å².